The van der Waals surface area contributed by atoms with E-state index >= 15 is 0 Å². The average Bonchev–Trinajstić information content (AvgIpc) is 3.12. The first-order valence-electron chi connectivity index (χ1n) is 8.69. The van der Waals surface area contributed by atoms with Gasteiger partial charge in [0.05, 0.1) is 23.3 Å². The minimum atomic E-state index is -0.349. The van der Waals surface area contributed by atoms with Gasteiger partial charge >= 0.3 is 0 Å². The Morgan fingerprint density at radius 2 is 1.68 bits per heavy atom. The number of para-hydroxylation sites is 2. The summed E-state index contributed by atoms with van der Waals surface area (Å²) in [6.45, 7) is 1.80. The summed E-state index contributed by atoms with van der Waals surface area (Å²) < 4.78 is 7.27. The van der Waals surface area contributed by atoms with Gasteiger partial charge in [-0.1, -0.05) is 41.6 Å². The molecule has 2 heterocycles. The monoisotopic (exact) mass is 371 g/mol. The van der Waals surface area contributed by atoms with Gasteiger partial charge in [0.15, 0.2) is 5.69 Å². The number of nitrogens with one attached hydrogen (secondary N) is 1. The van der Waals surface area contributed by atoms with E-state index in [0.717, 1.165) is 5.69 Å². The van der Waals surface area contributed by atoms with Crippen molar-refractivity contribution in [2.45, 2.75) is 6.92 Å². The first-order chi connectivity index (χ1) is 13.7. The fraction of sp³-hybridized carbons (Fsp3) is 0.0476. The number of hydrogen-bond acceptors (Lipinski definition) is 5. The highest BCUT2D eigenvalue weighted by molar-refractivity contribution is 6.03. The Labute approximate surface area is 161 Å². The molecule has 28 heavy (non-hydrogen) atoms. The summed E-state index contributed by atoms with van der Waals surface area (Å²) in [7, 11) is 0. The topological polar surface area (TPSA) is 81.9 Å². The summed E-state index contributed by atoms with van der Waals surface area (Å²) in [6.07, 6.45) is 1.53. The molecule has 4 aromatic rings. The molecule has 4 rings (SSSR count). The van der Waals surface area contributed by atoms with Gasteiger partial charge in [0.25, 0.3) is 5.91 Å². The van der Waals surface area contributed by atoms with Gasteiger partial charge in [0.1, 0.15) is 5.75 Å². The molecule has 0 fully saturated rings. The van der Waals surface area contributed by atoms with Crippen LogP contribution in [-0.2, 0) is 0 Å². The summed E-state index contributed by atoms with van der Waals surface area (Å²) in [5.74, 6) is 0.786. The summed E-state index contributed by atoms with van der Waals surface area (Å²) in [6, 6.07) is 22.3. The quantitative estimate of drug-likeness (QED) is 0.573. The van der Waals surface area contributed by atoms with E-state index in [0.29, 0.717) is 23.0 Å². The van der Waals surface area contributed by atoms with Gasteiger partial charge in [-0.3, -0.25) is 4.79 Å². The molecule has 0 saturated heterocycles. The second-order valence-electron chi connectivity index (χ2n) is 6.03. The van der Waals surface area contributed by atoms with E-state index < -0.39 is 0 Å². The SMILES string of the molecule is Cc1c(C(=O)Nc2ccc(Oc3ccccc3)nc2)nnn1-c1ccccc1. The Morgan fingerprint density at radius 1 is 0.964 bits per heavy atom. The van der Waals surface area contributed by atoms with E-state index in [2.05, 4.69) is 20.6 Å². The third-order valence-corrected chi connectivity index (χ3v) is 4.07. The molecule has 0 aliphatic heterocycles. The molecule has 0 bridgehead atoms. The third-order valence-electron chi connectivity index (χ3n) is 4.07. The zero-order valence-corrected chi connectivity index (χ0v) is 15.1. The molecular formula is C21H17N5O2. The predicted molar refractivity (Wildman–Crippen MR) is 105 cm³/mol. The predicted octanol–water partition coefficient (Wildman–Crippen LogP) is 4.02. The molecular weight excluding hydrogens is 354 g/mol. The Morgan fingerprint density at radius 3 is 2.36 bits per heavy atom. The number of carbonyl (C=O) groups excluding carboxylic acids is 1. The maximum absolute atomic E-state index is 12.6. The van der Waals surface area contributed by atoms with E-state index in [9.17, 15) is 4.79 Å². The van der Waals surface area contributed by atoms with Crippen molar-refractivity contribution in [1.82, 2.24) is 20.0 Å². The van der Waals surface area contributed by atoms with Gasteiger partial charge in [0, 0.05) is 6.07 Å². The molecule has 7 heteroatoms. The number of aromatic nitrogens is 4. The molecule has 0 aliphatic carbocycles. The van der Waals surface area contributed by atoms with Gasteiger partial charge in [0.2, 0.25) is 5.88 Å². The van der Waals surface area contributed by atoms with E-state index in [-0.39, 0.29) is 11.6 Å². The molecule has 0 spiro atoms. The van der Waals surface area contributed by atoms with Gasteiger partial charge in [-0.05, 0) is 37.3 Å². The number of ether oxygens (including phenoxy) is 1. The zero-order valence-electron chi connectivity index (χ0n) is 15.1. The molecule has 2 aromatic carbocycles. The van der Waals surface area contributed by atoms with Gasteiger partial charge in [-0.15, -0.1) is 5.10 Å². The molecule has 0 atom stereocenters. The van der Waals surface area contributed by atoms with E-state index in [1.165, 1.54) is 6.20 Å². The van der Waals surface area contributed by atoms with Crippen LogP contribution in [0.15, 0.2) is 79.0 Å². The molecule has 0 aliphatic rings. The molecule has 2 aromatic heterocycles. The fourth-order valence-electron chi connectivity index (χ4n) is 2.67. The second kappa shape index (κ2) is 7.71. The van der Waals surface area contributed by atoms with Crippen LogP contribution in [0.3, 0.4) is 0 Å². The van der Waals surface area contributed by atoms with E-state index in [4.69, 9.17) is 4.74 Å². The average molecular weight is 371 g/mol. The normalized spacial score (nSPS) is 10.5. The van der Waals surface area contributed by atoms with Crippen molar-refractivity contribution in [3.63, 3.8) is 0 Å². The lowest BCUT2D eigenvalue weighted by atomic mass is 10.2. The van der Waals surface area contributed by atoms with Crippen LogP contribution in [0.25, 0.3) is 5.69 Å². The van der Waals surface area contributed by atoms with Crippen molar-refractivity contribution in [3.8, 4) is 17.3 Å². The van der Waals surface area contributed by atoms with Crippen molar-refractivity contribution >= 4 is 11.6 Å². The first-order valence-corrected chi connectivity index (χ1v) is 8.69. The molecule has 0 unspecified atom stereocenters. The maximum atomic E-state index is 12.6. The van der Waals surface area contributed by atoms with Gasteiger partial charge in [-0.2, -0.15) is 0 Å². The largest absolute Gasteiger partial charge is 0.439 e. The minimum Gasteiger partial charge on any atom is -0.439 e. The summed E-state index contributed by atoms with van der Waals surface area (Å²) in [5.41, 5.74) is 2.30. The lowest BCUT2D eigenvalue weighted by Crippen LogP contribution is -2.14. The molecule has 1 N–H and O–H groups in total. The summed E-state index contributed by atoms with van der Waals surface area (Å²) in [4.78, 5) is 16.8. The number of nitrogens with zero attached hydrogens (tertiary/aromatic N) is 4. The minimum absolute atomic E-state index is 0.258. The molecule has 0 radical (unpaired) electrons. The van der Waals surface area contributed by atoms with Crippen LogP contribution in [0, 0.1) is 6.92 Å². The smallest absolute Gasteiger partial charge is 0.278 e. The van der Waals surface area contributed by atoms with Gasteiger partial charge < -0.3 is 10.1 Å². The van der Waals surface area contributed by atoms with Crippen LogP contribution in [0.4, 0.5) is 5.69 Å². The number of pyridine rings is 1. The summed E-state index contributed by atoms with van der Waals surface area (Å²) in [5, 5.41) is 10.9. The number of hydrogen-bond donors (Lipinski definition) is 1. The number of carbonyl (C=O) groups is 1. The van der Waals surface area contributed by atoms with Crippen molar-refractivity contribution in [2.75, 3.05) is 5.32 Å². The first kappa shape index (κ1) is 17.4. The van der Waals surface area contributed by atoms with Gasteiger partial charge in [-0.25, -0.2) is 9.67 Å². The highest BCUT2D eigenvalue weighted by Gasteiger charge is 2.17. The Kier molecular flexibility index (Phi) is 4.79. The van der Waals surface area contributed by atoms with Crippen LogP contribution in [0.5, 0.6) is 11.6 Å². The van der Waals surface area contributed by atoms with Crippen molar-refractivity contribution in [2.24, 2.45) is 0 Å². The van der Waals surface area contributed by atoms with E-state index in [1.54, 1.807) is 23.7 Å². The lowest BCUT2D eigenvalue weighted by Gasteiger charge is -2.07. The lowest BCUT2D eigenvalue weighted by molar-refractivity contribution is 0.102. The van der Waals surface area contributed by atoms with Crippen LogP contribution >= 0.6 is 0 Å². The third kappa shape index (κ3) is 3.73. The molecule has 7 nitrogen and oxygen atoms in total. The number of amides is 1. The van der Waals surface area contributed by atoms with Crippen LogP contribution in [0.2, 0.25) is 0 Å². The zero-order chi connectivity index (χ0) is 19.3. The van der Waals surface area contributed by atoms with E-state index in [1.807, 2.05) is 60.7 Å². The molecule has 1 amide bonds. The van der Waals surface area contributed by atoms with Crippen molar-refractivity contribution in [1.29, 1.82) is 0 Å². The Hall–Kier alpha value is -4.00. The van der Waals surface area contributed by atoms with Crippen LogP contribution in [0.1, 0.15) is 16.2 Å². The number of rotatable bonds is 5. The molecule has 0 saturated carbocycles. The number of benzene rings is 2. The second-order valence-corrected chi connectivity index (χ2v) is 6.03. The summed E-state index contributed by atoms with van der Waals surface area (Å²) >= 11 is 0. The highest BCUT2D eigenvalue weighted by atomic mass is 16.5. The van der Waals surface area contributed by atoms with Crippen molar-refractivity contribution < 1.29 is 9.53 Å². The maximum Gasteiger partial charge on any atom is 0.278 e. The molecule has 138 valence electrons. The Bertz CT molecular complexity index is 1080. The van der Waals surface area contributed by atoms with Crippen LogP contribution < -0.4 is 10.1 Å². The Balaban J connectivity index is 1.46. The van der Waals surface area contributed by atoms with Crippen molar-refractivity contribution in [3.05, 3.63) is 90.4 Å². The standard InChI is InChI=1S/C21H17N5O2/c1-15-20(24-25-26(15)17-8-4-2-5-9-17)21(27)23-16-12-13-19(22-14-16)28-18-10-6-3-7-11-18/h2-14H,1H3,(H,23,27). The number of anilines is 1. The highest BCUT2D eigenvalue weighted by Crippen LogP contribution is 2.20. The fourth-order valence-corrected chi connectivity index (χ4v) is 2.67. The van der Waals surface area contributed by atoms with Crippen LogP contribution in [-0.4, -0.2) is 25.9 Å².